The summed E-state index contributed by atoms with van der Waals surface area (Å²) in [6.45, 7) is 0. The number of hydrogen-bond donors (Lipinski definition) is 0. The summed E-state index contributed by atoms with van der Waals surface area (Å²) in [5.41, 5.74) is 2.86. The molecule has 1 aliphatic rings. The highest BCUT2D eigenvalue weighted by molar-refractivity contribution is 6.12. The lowest BCUT2D eigenvalue weighted by Crippen LogP contribution is -2.44. The van der Waals surface area contributed by atoms with Crippen LogP contribution in [0.25, 0.3) is 0 Å². The van der Waals surface area contributed by atoms with Gasteiger partial charge in [0.05, 0.1) is 19.9 Å². The van der Waals surface area contributed by atoms with Gasteiger partial charge in [-0.25, -0.2) is 5.01 Å². The van der Waals surface area contributed by atoms with E-state index in [9.17, 15) is 0 Å². The zero-order chi connectivity index (χ0) is 20.2. The van der Waals surface area contributed by atoms with E-state index < -0.39 is 6.35 Å². The third-order valence-corrected chi connectivity index (χ3v) is 4.79. The molecule has 1 unspecified atom stereocenters. The molecule has 4 rings (SSSR count). The molecular weight excluding hydrogens is 366 g/mol. The van der Waals surface area contributed by atoms with Gasteiger partial charge in [-0.2, -0.15) is 0 Å². The van der Waals surface area contributed by atoms with Gasteiger partial charge in [-0.15, -0.1) is 5.10 Å². The number of hydrogen-bond acceptors (Lipinski definition) is 6. The van der Waals surface area contributed by atoms with E-state index in [0.717, 1.165) is 34.3 Å². The lowest BCUT2D eigenvalue weighted by molar-refractivity contribution is 0.114. The Balaban J connectivity index is 1.79. The molecule has 3 aromatic rings. The quantitative estimate of drug-likeness (QED) is 0.628. The Labute approximate surface area is 170 Å². The van der Waals surface area contributed by atoms with Crippen LogP contribution in [-0.4, -0.2) is 33.5 Å². The number of anilines is 2. The monoisotopic (exact) mass is 389 g/mol. The normalized spacial score (nSPS) is 16.0. The number of hydrazone groups is 1. The van der Waals surface area contributed by atoms with Crippen molar-refractivity contribution in [2.75, 3.05) is 31.2 Å². The van der Waals surface area contributed by atoms with Crippen LogP contribution in [0.15, 0.2) is 84.0 Å². The van der Waals surface area contributed by atoms with Crippen molar-refractivity contribution in [3.63, 3.8) is 0 Å². The molecule has 0 aliphatic carbocycles. The largest absolute Gasteiger partial charge is 0.497 e. The molecule has 29 heavy (non-hydrogen) atoms. The third-order valence-electron chi connectivity index (χ3n) is 4.79. The molecule has 0 fully saturated rings. The number of benzene rings is 3. The molecule has 1 heterocycles. The highest BCUT2D eigenvalue weighted by atomic mass is 16.5. The topological polar surface area (TPSA) is 46.5 Å². The lowest BCUT2D eigenvalue weighted by atomic mass is 10.2. The summed E-state index contributed by atoms with van der Waals surface area (Å²) < 4.78 is 16.5. The zero-order valence-corrected chi connectivity index (χ0v) is 16.6. The van der Waals surface area contributed by atoms with Crippen LogP contribution in [0.3, 0.4) is 0 Å². The maximum atomic E-state index is 5.88. The summed E-state index contributed by atoms with van der Waals surface area (Å²) >= 11 is 0. The fourth-order valence-corrected chi connectivity index (χ4v) is 3.32. The predicted octanol–water partition coefficient (Wildman–Crippen LogP) is 4.32. The minimum atomic E-state index is -0.438. The molecule has 1 atom stereocenters. The minimum Gasteiger partial charge on any atom is -0.497 e. The standard InChI is InChI=1S/C23H23N3O3/c1-27-20-13-9-18(10-14-20)25-22(17-7-5-4-6-8-17)24-26(23(25)29-3)19-11-15-21(28-2)16-12-19/h4-16,23H,1-3H3. The SMILES string of the molecule is COc1ccc(N2N=C(c3ccccc3)N(c3ccc(OC)cc3)C2OC)cc1. The van der Waals surface area contributed by atoms with Crippen LogP contribution < -0.4 is 19.4 Å². The van der Waals surface area contributed by atoms with Gasteiger partial charge < -0.3 is 14.2 Å². The molecule has 6 nitrogen and oxygen atoms in total. The van der Waals surface area contributed by atoms with E-state index in [1.54, 1.807) is 21.3 Å². The van der Waals surface area contributed by atoms with Crippen molar-refractivity contribution in [3.8, 4) is 11.5 Å². The molecule has 0 amide bonds. The second-order valence-corrected chi connectivity index (χ2v) is 6.46. The Morgan fingerprint density at radius 1 is 0.690 bits per heavy atom. The van der Waals surface area contributed by atoms with Crippen molar-refractivity contribution in [1.29, 1.82) is 0 Å². The van der Waals surface area contributed by atoms with Gasteiger partial charge in [-0.05, 0) is 48.5 Å². The first-order chi connectivity index (χ1) is 14.2. The van der Waals surface area contributed by atoms with E-state index in [1.807, 2.05) is 83.9 Å². The maximum absolute atomic E-state index is 5.88. The molecule has 148 valence electrons. The molecule has 0 bridgehead atoms. The Hall–Kier alpha value is -3.51. The number of amidine groups is 1. The van der Waals surface area contributed by atoms with Gasteiger partial charge >= 0.3 is 0 Å². The van der Waals surface area contributed by atoms with Crippen molar-refractivity contribution in [3.05, 3.63) is 84.4 Å². The first-order valence-corrected chi connectivity index (χ1v) is 9.28. The Morgan fingerprint density at radius 3 is 1.76 bits per heavy atom. The highest BCUT2D eigenvalue weighted by Crippen LogP contribution is 2.33. The molecule has 1 aliphatic heterocycles. The Morgan fingerprint density at radius 2 is 1.24 bits per heavy atom. The zero-order valence-electron chi connectivity index (χ0n) is 16.6. The molecule has 0 radical (unpaired) electrons. The van der Waals surface area contributed by atoms with Gasteiger partial charge in [0.15, 0.2) is 5.84 Å². The summed E-state index contributed by atoms with van der Waals surface area (Å²) in [4.78, 5) is 2.07. The fourth-order valence-electron chi connectivity index (χ4n) is 3.32. The lowest BCUT2D eigenvalue weighted by Gasteiger charge is -2.30. The van der Waals surface area contributed by atoms with Crippen LogP contribution >= 0.6 is 0 Å². The van der Waals surface area contributed by atoms with Crippen molar-refractivity contribution >= 4 is 17.2 Å². The van der Waals surface area contributed by atoms with Crippen LogP contribution in [0.1, 0.15) is 5.56 Å². The van der Waals surface area contributed by atoms with Gasteiger partial charge in [0, 0.05) is 18.4 Å². The first kappa shape index (κ1) is 18.8. The van der Waals surface area contributed by atoms with E-state index in [4.69, 9.17) is 19.3 Å². The van der Waals surface area contributed by atoms with Gasteiger partial charge in [0.1, 0.15) is 11.5 Å². The van der Waals surface area contributed by atoms with E-state index in [2.05, 4.69) is 4.90 Å². The molecule has 3 aromatic carbocycles. The number of rotatable bonds is 6. The average Bonchev–Trinajstić information content (AvgIpc) is 3.19. The van der Waals surface area contributed by atoms with Gasteiger partial charge in [0.2, 0.25) is 6.35 Å². The fraction of sp³-hybridized carbons (Fsp3) is 0.174. The molecule has 0 saturated carbocycles. The Bertz CT molecular complexity index is 973. The van der Waals surface area contributed by atoms with Crippen molar-refractivity contribution in [2.45, 2.75) is 6.35 Å². The first-order valence-electron chi connectivity index (χ1n) is 9.28. The van der Waals surface area contributed by atoms with Gasteiger partial charge in [-0.1, -0.05) is 30.3 Å². The van der Waals surface area contributed by atoms with Gasteiger partial charge in [-0.3, -0.25) is 4.90 Å². The predicted molar refractivity (Wildman–Crippen MR) is 115 cm³/mol. The smallest absolute Gasteiger partial charge is 0.235 e. The van der Waals surface area contributed by atoms with Crippen LogP contribution in [-0.2, 0) is 4.74 Å². The molecule has 0 saturated heterocycles. The molecule has 0 spiro atoms. The minimum absolute atomic E-state index is 0.438. The van der Waals surface area contributed by atoms with E-state index in [0.29, 0.717) is 0 Å². The van der Waals surface area contributed by atoms with Crippen LogP contribution in [0.2, 0.25) is 0 Å². The molecule has 0 aromatic heterocycles. The number of methoxy groups -OCH3 is 3. The van der Waals surface area contributed by atoms with Crippen molar-refractivity contribution in [1.82, 2.24) is 0 Å². The molecule has 6 heteroatoms. The third kappa shape index (κ3) is 3.62. The molecule has 0 N–H and O–H groups in total. The molecular formula is C23H23N3O3. The number of nitrogens with zero attached hydrogens (tertiary/aromatic N) is 3. The van der Waals surface area contributed by atoms with Gasteiger partial charge in [0.25, 0.3) is 0 Å². The van der Waals surface area contributed by atoms with Crippen molar-refractivity contribution in [2.24, 2.45) is 5.10 Å². The van der Waals surface area contributed by atoms with E-state index in [-0.39, 0.29) is 0 Å². The summed E-state index contributed by atoms with van der Waals surface area (Å²) in [5, 5.41) is 6.78. The van der Waals surface area contributed by atoms with Crippen molar-refractivity contribution < 1.29 is 14.2 Å². The second kappa shape index (κ2) is 8.24. The van der Waals surface area contributed by atoms with E-state index >= 15 is 0 Å². The summed E-state index contributed by atoms with van der Waals surface area (Å²) in [6.07, 6.45) is -0.438. The summed E-state index contributed by atoms with van der Waals surface area (Å²) in [7, 11) is 4.99. The summed E-state index contributed by atoms with van der Waals surface area (Å²) in [5.74, 6) is 2.40. The maximum Gasteiger partial charge on any atom is 0.235 e. The average molecular weight is 389 g/mol. The van der Waals surface area contributed by atoms with Crippen LogP contribution in [0, 0.1) is 0 Å². The van der Waals surface area contributed by atoms with Crippen LogP contribution in [0.5, 0.6) is 11.5 Å². The highest BCUT2D eigenvalue weighted by Gasteiger charge is 2.37. The second-order valence-electron chi connectivity index (χ2n) is 6.46. The Kier molecular flexibility index (Phi) is 5.35. The van der Waals surface area contributed by atoms with Crippen LogP contribution in [0.4, 0.5) is 11.4 Å². The number of ether oxygens (including phenoxy) is 3. The van der Waals surface area contributed by atoms with E-state index in [1.165, 1.54) is 0 Å². The summed E-state index contributed by atoms with van der Waals surface area (Å²) in [6, 6.07) is 25.7.